The SMILES string of the molecule is C=C(c1cc(F)ccc1Cl)c1cccc(Br)c1N. The first kappa shape index (κ1) is 13.1. The maximum absolute atomic E-state index is 13.3. The highest BCUT2D eigenvalue weighted by atomic mass is 79.9. The van der Waals surface area contributed by atoms with Gasteiger partial charge in [-0.15, -0.1) is 0 Å². The molecule has 0 spiro atoms. The molecule has 0 fully saturated rings. The summed E-state index contributed by atoms with van der Waals surface area (Å²) in [4.78, 5) is 0. The Morgan fingerprint density at radius 3 is 2.67 bits per heavy atom. The first-order valence-electron chi connectivity index (χ1n) is 5.19. The van der Waals surface area contributed by atoms with Crippen molar-refractivity contribution in [3.63, 3.8) is 0 Å². The monoisotopic (exact) mass is 325 g/mol. The topological polar surface area (TPSA) is 26.0 Å². The van der Waals surface area contributed by atoms with Crippen LogP contribution in [0.25, 0.3) is 5.57 Å². The van der Waals surface area contributed by atoms with E-state index in [9.17, 15) is 4.39 Å². The summed E-state index contributed by atoms with van der Waals surface area (Å²) in [6, 6.07) is 9.66. The molecule has 0 unspecified atom stereocenters. The van der Waals surface area contributed by atoms with Crippen LogP contribution < -0.4 is 5.73 Å². The average Bonchev–Trinajstić information content (AvgIpc) is 2.35. The Labute approximate surface area is 118 Å². The average molecular weight is 327 g/mol. The summed E-state index contributed by atoms with van der Waals surface area (Å²) in [7, 11) is 0. The molecule has 0 aliphatic carbocycles. The lowest BCUT2D eigenvalue weighted by atomic mass is 9.98. The van der Waals surface area contributed by atoms with Gasteiger partial charge in [-0.3, -0.25) is 0 Å². The Hall–Kier alpha value is -1.32. The van der Waals surface area contributed by atoms with Gasteiger partial charge in [-0.25, -0.2) is 4.39 Å². The van der Waals surface area contributed by atoms with Crippen molar-refractivity contribution in [1.29, 1.82) is 0 Å². The van der Waals surface area contributed by atoms with E-state index >= 15 is 0 Å². The molecule has 92 valence electrons. The van der Waals surface area contributed by atoms with E-state index in [0.29, 0.717) is 21.8 Å². The zero-order valence-electron chi connectivity index (χ0n) is 9.38. The Balaban J connectivity index is 2.55. The van der Waals surface area contributed by atoms with Gasteiger partial charge >= 0.3 is 0 Å². The molecule has 4 heteroatoms. The zero-order valence-corrected chi connectivity index (χ0v) is 11.7. The van der Waals surface area contributed by atoms with E-state index in [1.54, 1.807) is 0 Å². The third-order valence-electron chi connectivity index (χ3n) is 2.63. The number of hydrogen-bond donors (Lipinski definition) is 1. The molecule has 0 aromatic heterocycles. The molecule has 0 radical (unpaired) electrons. The molecule has 0 amide bonds. The summed E-state index contributed by atoms with van der Waals surface area (Å²) in [5.74, 6) is -0.357. The van der Waals surface area contributed by atoms with Crippen molar-refractivity contribution in [2.75, 3.05) is 5.73 Å². The van der Waals surface area contributed by atoms with Gasteiger partial charge in [-0.2, -0.15) is 0 Å². The maximum Gasteiger partial charge on any atom is 0.123 e. The molecule has 0 bridgehead atoms. The van der Waals surface area contributed by atoms with Crippen LogP contribution in [0.15, 0.2) is 47.4 Å². The number of nitrogens with two attached hydrogens (primary N) is 1. The molecule has 0 saturated carbocycles. The summed E-state index contributed by atoms with van der Waals surface area (Å²) in [5, 5.41) is 0.445. The number of rotatable bonds is 2. The molecule has 0 heterocycles. The Morgan fingerprint density at radius 1 is 1.22 bits per heavy atom. The largest absolute Gasteiger partial charge is 0.397 e. The quantitative estimate of drug-likeness (QED) is 0.782. The van der Waals surface area contributed by atoms with E-state index in [1.165, 1.54) is 18.2 Å². The first-order chi connectivity index (χ1) is 8.50. The Bertz CT molecular complexity index is 621. The highest BCUT2D eigenvalue weighted by molar-refractivity contribution is 9.10. The molecule has 1 nitrogen and oxygen atoms in total. The van der Waals surface area contributed by atoms with Crippen molar-refractivity contribution < 1.29 is 4.39 Å². The van der Waals surface area contributed by atoms with Gasteiger partial charge < -0.3 is 5.73 Å². The van der Waals surface area contributed by atoms with E-state index in [2.05, 4.69) is 22.5 Å². The highest BCUT2D eigenvalue weighted by Crippen LogP contribution is 2.34. The van der Waals surface area contributed by atoms with E-state index in [-0.39, 0.29) is 5.82 Å². The van der Waals surface area contributed by atoms with Crippen LogP contribution >= 0.6 is 27.5 Å². The molecule has 0 saturated heterocycles. The first-order valence-corrected chi connectivity index (χ1v) is 6.36. The highest BCUT2D eigenvalue weighted by Gasteiger charge is 2.12. The molecule has 2 rings (SSSR count). The number of halogens is 3. The van der Waals surface area contributed by atoms with Crippen molar-refractivity contribution in [2.24, 2.45) is 0 Å². The van der Waals surface area contributed by atoms with Gasteiger partial charge in [0.25, 0.3) is 0 Å². The van der Waals surface area contributed by atoms with Crippen molar-refractivity contribution >= 4 is 38.8 Å². The molecular weight excluding hydrogens is 317 g/mol. The fraction of sp³-hybridized carbons (Fsp3) is 0. The summed E-state index contributed by atoms with van der Waals surface area (Å²) in [6.07, 6.45) is 0. The second-order valence-electron chi connectivity index (χ2n) is 3.80. The third-order valence-corrected chi connectivity index (χ3v) is 3.65. The van der Waals surface area contributed by atoms with Gasteiger partial charge in [0.1, 0.15) is 5.82 Å². The van der Waals surface area contributed by atoms with E-state index in [4.69, 9.17) is 17.3 Å². The molecule has 0 aliphatic rings. The van der Waals surface area contributed by atoms with Gasteiger partial charge in [0.15, 0.2) is 0 Å². The second-order valence-corrected chi connectivity index (χ2v) is 5.07. The second kappa shape index (κ2) is 5.12. The fourth-order valence-corrected chi connectivity index (χ4v) is 2.27. The predicted octanol–water partition coefficient (Wildman–Crippen LogP) is 4.89. The summed E-state index contributed by atoms with van der Waals surface area (Å²) >= 11 is 9.40. The number of nitrogen functional groups attached to an aromatic ring is 1. The lowest BCUT2D eigenvalue weighted by molar-refractivity contribution is 0.627. The minimum absolute atomic E-state index is 0.357. The van der Waals surface area contributed by atoms with Crippen LogP contribution in [0.3, 0.4) is 0 Å². The Morgan fingerprint density at radius 2 is 1.94 bits per heavy atom. The predicted molar refractivity (Wildman–Crippen MR) is 78.1 cm³/mol. The zero-order chi connectivity index (χ0) is 13.3. The van der Waals surface area contributed by atoms with E-state index in [0.717, 1.165) is 10.0 Å². The van der Waals surface area contributed by atoms with Gasteiger partial charge in [0.05, 0.1) is 5.69 Å². The van der Waals surface area contributed by atoms with Gasteiger partial charge in [0.2, 0.25) is 0 Å². The summed E-state index contributed by atoms with van der Waals surface area (Å²) in [5.41, 5.74) is 8.39. The minimum atomic E-state index is -0.357. The molecule has 2 N–H and O–H groups in total. The van der Waals surface area contributed by atoms with Crippen LogP contribution in [0, 0.1) is 5.82 Å². The third kappa shape index (κ3) is 2.42. The van der Waals surface area contributed by atoms with Crippen LogP contribution in [0.1, 0.15) is 11.1 Å². The van der Waals surface area contributed by atoms with Crippen LogP contribution in [0.4, 0.5) is 10.1 Å². The molecule has 18 heavy (non-hydrogen) atoms. The van der Waals surface area contributed by atoms with Gasteiger partial charge in [-0.1, -0.05) is 30.3 Å². The fourth-order valence-electron chi connectivity index (χ4n) is 1.67. The van der Waals surface area contributed by atoms with Crippen LogP contribution in [-0.2, 0) is 0 Å². The normalized spacial score (nSPS) is 10.4. The summed E-state index contributed by atoms with van der Waals surface area (Å²) < 4.78 is 14.0. The molecule has 0 atom stereocenters. The van der Waals surface area contributed by atoms with Crippen LogP contribution in [-0.4, -0.2) is 0 Å². The molecular formula is C14H10BrClFN. The number of anilines is 1. The van der Waals surface area contributed by atoms with Crippen molar-refractivity contribution in [2.45, 2.75) is 0 Å². The molecule has 0 aliphatic heterocycles. The lowest BCUT2D eigenvalue weighted by Crippen LogP contribution is -1.96. The summed E-state index contributed by atoms with van der Waals surface area (Å²) in [6.45, 7) is 3.95. The van der Waals surface area contributed by atoms with Crippen molar-refractivity contribution in [3.8, 4) is 0 Å². The molecule has 2 aromatic rings. The van der Waals surface area contributed by atoms with Crippen molar-refractivity contribution in [3.05, 3.63) is 69.4 Å². The van der Waals surface area contributed by atoms with E-state index < -0.39 is 0 Å². The van der Waals surface area contributed by atoms with E-state index in [1.807, 2.05) is 18.2 Å². The van der Waals surface area contributed by atoms with Crippen LogP contribution in [0.5, 0.6) is 0 Å². The number of benzene rings is 2. The van der Waals surface area contributed by atoms with Gasteiger partial charge in [0, 0.05) is 20.6 Å². The van der Waals surface area contributed by atoms with Crippen molar-refractivity contribution in [1.82, 2.24) is 0 Å². The number of para-hydroxylation sites is 1. The number of hydrogen-bond acceptors (Lipinski definition) is 1. The maximum atomic E-state index is 13.3. The van der Waals surface area contributed by atoms with Crippen LogP contribution in [0.2, 0.25) is 5.02 Å². The Kier molecular flexibility index (Phi) is 3.73. The lowest BCUT2D eigenvalue weighted by Gasteiger charge is -2.12. The molecule has 2 aromatic carbocycles. The standard InChI is InChI=1S/C14H10BrClFN/c1-8(10-3-2-4-12(15)14(10)18)11-7-9(17)5-6-13(11)16/h2-7H,1,18H2. The minimum Gasteiger partial charge on any atom is -0.397 e. The van der Waals surface area contributed by atoms with Gasteiger partial charge in [-0.05, 0) is 45.8 Å². The smallest absolute Gasteiger partial charge is 0.123 e.